The largest absolute Gasteiger partial charge is 0.487 e. The zero-order valence-electron chi connectivity index (χ0n) is 31.0. The number of carbonyl (C=O) groups excluding carboxylic acids is 2. The molecule has 48 heavy (non-hydrogen) atoms. The molecule has 0 aromatic heterocycles. The standard InChI is InChI=1S/C44H60O4/c1-30(2)16-12-17-31(3)18-13-19-32(4)20-15-26-44(8)27-25-39-35(7)40(28-33(5)42(39)48-44)47-43(46)34(6)37-23-14-24-38(29-37)41(45)36-21-10-9-11-22-36/h9-11,14,21-24,28-32,34H,12-13,15-20,25-27H2,1-8H3. The van der Waals surface area contributed by atoms with Gasteiger partial charge in [0.15, 0.2) is 5.78 Å². The number of carbonyl (C=O) groups is 2. The highest BCUT2D eigenvalue weighted by atomic mass is 16.5. The minimum atomic E-state index is -0.524. The molecule has 4 atom stereocenters. The van der Waals surface area contributed by atoms with Crippen molar-refractivity contribution < 1.29 is 19.1 Å². The fraction of sp³-hybridized carbons (Fsp3) is 0.545. The molecule has 0 bridgehead atoms. The first-order valence-corrected chi connectivity index (χ1v) is 18.6. The van der Waals surface area contributed by atoms with Gasteiger partial charge in [-0.25, -0.2) is 0 Å². The molecule has 1 aliphatic rings. The third kappa shape index (κ3) is 10.3. The maximum absolute atomic E-state index is 13.4. The van der Waals surface area contributed by atoms with E-state index in [0.717, 1.165) is 65.0 Å². The predicted octanol–water partition coefficient (Wildman–Crippen LogP) is 11.8. The number of rotatable bonds is 17. The van der Waals surface area contributed by atoms with Gasteiger partial charge in [-0.15, -0.1) is 0 Å². The summed E-state index contributed by atoms with van der Waals surface area (Å²) >= 11 is 0. The molecule has 0 fully saturated rings. The van der Waals surface area contributed by atoms with Crippen LogP contribution in [-0.2, 0) is 11.2 Å². The van der Waals surface area contributed by atoms with E-state index in [4.69, 9.17) is 9.47 Å². The van der Waals surface area contributed by atoms with Crippen LogP contribution in [0.15, 0.2) is 60.7 Å². The van der Waals surface area contributed by atoms with Crippen molar-refractivity contribution in [2.45, 2.75) is 138 Å². The van der Waals surface area contributed by atoms with Crippen molar-refractivity contribution in [3.8, 4) is 11.5 Å². The maximum Gasteiger partial charge on any atom is 0.318 e. The molecule has 0 aliphatic carbocycles. The average Bonchev–Trinajstić information content (AvgIpc) is 3.06. The minimum Gasteiger partial charge on any atom is -0.487 e. The van der Waals surface area contributed by atoms with Crippen molar-refractivity contribution >= 4 is 11.8 Å². The molecule has 1 heterocycles. The molecule has 4 unspecified atom stereocenters. The number of fused-ring (bicyclic) bond motifs is 1. The van der Waals surface area contributed by atoms with Crippen LogP contribution in [0.2, 0.25) is 0 Å². The van der Waals surface area contributed by atoms with E-state index in [0.29, 0.717) is 16.9 Å². The SMILES string of the molecule is Cc1cc(OC(=O)C(C)c2cccc(C(=O)c3ccccc3)c2)c(C)c2c1OC(C)(CCCC(C)CCCC(C)CCCC(C)C)CC2. The molecule has 4 rings (SSSR count). The Balaban J connectivity index is 1.30. The Labute approximate surface area is 291 Å². The molecule has 1 aliphatic heterocycles. The molecule has 260 valence electrons. The summed E-state index contributed by atoms with van der Waals surface area (Å²) in [6.07, 6.45) is 13.5. The quantitative estimate of drug-likeness (QED) is 0.0827. The van der Waals surface area contributed by atoms with Crippen LogP contribution in [0.5, 0.6) is 11.5 Å². The van der Waals surface area contributed by atoms with Gasteiger partial charge in [0.2, 0.25) is 0 Å². The van der Waals surface area contributed by atoms with Crippen LogP contribution >= 0.6 is 0 Å². The minimum absolute atomic E-state index is 0.0615. The van der Waals surface area contributed by atoms with Gasteiger partial charge in [-0.1, -0.05) is 121 Å². The first-order valence-electron chi connectivity index (χ1n) is 18.6. The predicted molar refractivity (Wildman–Crippen MR) is 198 cm³/mol. The second kappa shape index (κ2) is 17.3. The zero-order chi connectivity index (χ0) is 34.8. The molecule has 0 amide bonds. The molecule has 3 aromatic carbocycles. The van der Waals surface area contributed by atoms with Crippen LogP contribution in [0, 0.1) is 31.6 Å². The molecule has 4 nitrogen and oxygen atoms in total. The molecular formula is C44H60O4. The van der Waals surface area contributed by atoms with E-state index >= 15 is 0 Å². The molecule has 0 radical (unpaired) electrons. The maximum atomic E-state index is 13.4. The lowest BCUT2D eigenvalue weighted by atomic mass is 9.84. The molecule has 0 spiro atoms. The zero-order valence-corrected chi connectivity index (χ0v) is 31.0. The van der Waals surface area contributed by atoms with Crippen molar-refractivity contribution in [3.63, 3.8) is 0 Å². The Morgan fingerprint density at radius 2 is 1.42 bits per heavy atom. The van der Waals surface area contributed by atoms with E-state index in [1.807, 2.05) is 50.2 Å². The molecule has 3 aromatic rings. The summed E-state index contributed by atoms with van der Waals surface area (Å²) in [7, 11) is 0. The smallest absolute Gasteiger partial charge is 0.318 e. The lowest BCUT2D eigenvalue weighted by Gasteiger charge is -2.38. The van der Waals surface area contributed by atoms with Crippen LogP contribution in [-0.4, -0.2) is 17.4 Å². The van der Waals surface area contributed by atoms with Gasteiger partial charge < -0.3 is 9.47 Å². The number of hydrogen-bond donors (Lipinski definition) is 0. The highest BCUT2D eigenvalue weighted by molar-refractivity contribution is 6.09. The third-order valence-electron chi connectivity index (χ3n) is 10.6. The molecule has 0 saturated carbocycles. The first-order chi connectivity index (χ1) is 22.9. The third-order valence-corrected chi connectivity index (χ3v) is 10.6. The highest BCUT2D eigenvalue weighted by Crippen LogP contribution is 2.43. The summed E-state index contributed by atoms with van der Waals surface area (Å²) in [5, 5.41) is 0. The van der Waals surface area contributed by atoms with Crippen LogP contribution in [0.1, 0.15) is 150 Å². The van der Waals surface area contributed by atoms with Crippen molar-refractivity contribution in [2.75, 3.05) is 0 Å². The number of ether oxygens (including phenoxy) is 2. The summed E-state index contributed by atoms with van der Waals surface area (Å²) < 4.78 is 12.8. The Bertz CT molecular complexity index is 1510. The lowest BCUT2D eigenvalue weighted by Crippen LogP contribution is -2.37. The topological polar surface area (TPSA) is 52.6 Å². The fourth-order valence-electron chi connectivity index (χ4n) is 7.18. The molecule has 4 heteroatoms. The Morgan fingerprint density at radius 3 is 2.08 bits per heavy atom. The van der Waals surface area contributed by atoms with Crippen LogP contribution in [0.25, 0.3) is 0 Å². The van der Waals surface area contributed by atoms with Crippen molar-refractivity contribution in [2.24, 2.45) is 17.8 Å². The number of esters is 1. The monoisotopic (exact) mass is 652 g/mol. The second-order valence-electron chi connectivity index (χ2n) is 15.5. The van der Waals surface area contributed by atoms with Gasteiger partial charge in [-0.2, -0.15) is 0 Å². The van der Waals surface area contributed by atoms with E-state index in [2.05, 4.69) is 41.5 Å². The average molecular weight is 653 g/mol. The Morgan fingerprint density at radius 1 is 0.792 bits per heavy atom. The molecular weight excluding hydrogens is 592 g/mol. The Kier molecular flexibility index (Phi) is 13.5. The van der Waals surface area contributed by atoms with Gasteiger partial charge in [0, 0.05) is 16.7 Å². The Hall–Kier alpha value is -3.40. The molecule has 0 N–H and O–H groups in total. The lowest BCUT2D eigenvalue weighted by molar-refractivity contribution is -0.135. The normalized spacial score (nSPS) is 17.7. The second-order valence-corrected chi connectivity index (χ2v) is 15.5. The highest BCUT2D eigenvalue weighted by Gasteiger charge is 2.34. The summed E-state index contributed by atoms with van der Waals surface area (Å²) in [6.45, 7) is 17.7. The summed E-state index contributed by atoms with van der Waals surface area (Å²) in [4.78, 5) is 26.4. The number of ketones is 1. The van der Waals surface area contributed by atoms with Gasteiger partial charge >= 0.3 is 5.97 Å². The van der Waals surface area contributed by atoms with E-state index in [1.54, 1.807) is 24.3 Å². The van der Waals surface area contributed by atoms with E-state index in [-0.39, 0.29) is 17.4 Å². The van der Waals surface area contributed by atoms with Crippen LogP contribution in [0.3, 0.4) is 0 Å². The van der Waals surface area contributed by atoms with Gasteiger partial charge in [-0.05, 0) is 100.0 Å². The molecule has 0 saturated heterocycles. The van der Waals surface area contributed by atoms with Gasteiger partial charge in [0.25, 0.3) is 0 Å². The first kappa shape index (κ1) is 37.4. The summed E-state index contributed by atoms with van der Waals surface area (Å²) in [6, 6.07) is 18.5. The van der Waals surface area contributed by atoms with Crippen LogP contribution < -0.4 is 9.47 Å². The van der Waals surface area contributed by atoms with E-state index < -0.39 is 5.92 Å². The fourth-order valence-corrected chi connectivity index (χ4v) is 7.18. The van der Waals surface area contributed by atoms with Crippen molar-refractivity contribution in [1.82, 2.24) is 0 Å². The van der Waals surface area contributed by atoms with E-state index in [1.165, 1.54) is 51.4 Å². The summed E-state index contributed by atoms with van der Waals surface area (Å²) in [5.41, 5.74) is 4.89. The number of benzene rings is 3. The van der Waals surface area contributed by atoms with Crippen molar-refractivity contribution in [1.29, 1.82) is 0 Å². The van der Waals surface area contributed by atoms with Crippen LogP contribution in [0.4, 0.5) is 0 Å². The van der Waals surface area contributed by atoms with Gasteiger partial charge in [0.1, 0.15) is 17.1 Å². The number of hydrogen-bond acceptors (Lipinski definition) is 4. The van der Waals surface area contributed by atoms with E-state index in [9.17, 15) is 9.59 Å². The van der Waals surface area contributed by atoms with Crippen molar-refractivity contribution in [3.05, 3.63) is 94.0 Å². The van der Waals surface area contributed by atoms with Gasteiger partial charge in [-0.3, -0.25) is 9.59 Å². The number of aryl methyl sites for hydroxylation is 1. The summed E-state index contributed by atoms with van der Waals surface area (Å²) in [5.74, 6) is 3.05. The van der Waals surface area contributed by atoms with Gasteiger partial charge in [0.05, 0.1) is 5.92 Å².